The number of carbonyl (C=O) groups is 3. The van der Waals surface area contributed by atoms with Crippen LogP contribution in [0.15, 0.2) is 52.3 Å². The number of nitrogens with one attached hydrogen (secondary N) is 1. The van der Waals surface area contributed by atoms with Crippen LogP contribution in [-0.2, 0) is 19.1 Å². The van der Waals surface area contributed by atoms with Gasteiger partial charge in [-0.25, -0.2) is 4.79 Å². The number of esters is 1. The number of H-pyrrole nitrogens is 1. The Morgan fingerprint density at radius 3 is 2.54 bits per heavy atom. The molecule has 41 heavy (non-hydrogen) atoms. The molecule has 2 amide bonds. The molecule has 0 radical (unpaired) electrons. The molecule has 1 aromatic heterocycles. The summed E-state index contributed by atoms with van der Waals surface area (Å²) in [6.07, 6.45) is 0.770. The van der Waals surface area contributed by atoms with Gasteiger partial charge in [-0.1, -0.05) is 40.6 Å². The highest BCUT2D eigenvalue weighted by Gasteiger charge is 2.69. The van der Waals surface area contributed by atoms with Gasteiger partial charge in [-0.3, -0.25) is 19.3 Å². The zero-order valence-electron chi connectivity index (χ0n) is 22.3. The SMILES string of the molecule is CCOC(=O)COc1ccc(Cl)cc1[C@@H]1c2sc(=O)[nH]c2S[C@@H]2[C@@H]3C[C@@H]([C@@H]4C(=O)N(c5ccc(C)cc5)C(=O)[C@@H]34)[C@H]12. The van der Waals surface area contributed by atoms with E-state index in [4.69, 9.17) is 21.1 Å². The lowest BCUT2D eigenvalue weighted by Gasteiger charge is -2.43. The molecular weight excluding hydrogens is 584 g/mol. The van der Waals surface area contributed by atoms with Crippen molar-refractivity contribution < 1.29 is 23.9 Å². The number of benzene rings is 2. The van der Waals surface area contributed by atoms with Gasteiger partial charge in [0.05, 0.1) is 29.2 Å². The average Bonchev–Trinajstić information content (AvgIpc) is 3.67. The predicted molar refractivity (Wildman–Crippen MR) is 156 cm³/mol. The molecular formula is C30H27ClN2O6S2. The number of thioether (sulfide) groups is 1. The van der Waals surface area contributed by atoms with Crippen molar-refractivity contribution in [3.8, 4) is 5.75 Å². The molecule has 3 fully saturated rings. The Morgan fingerprint density at radius 1 is 1.07 bits per heavy atom. The number of rotatable bonds is 6. The first-order chi connectivity index (χ1) is 19.8. The number of nitrogens with zero attached hydrogens (tertiary/aromatic N) is 1. The predicted octanol–water partition coefficient (Wildman–Crippen LogP) is 5.02. The minimum atomic E-state index is -0.480. The first-order valence-corrected chi connectivity index (χ1v) is 15.8. The summed E-state index contributed by atoms with van der Waals surface area (Å²) in [4.78, 5) is 57.6. The number of anilines is 1. The second-order valence-corrected chi connectivity index (χ2v) is 13.7. The average molecular weight is 611 g/mol. The van der Waals surface area contributed by atoms with Crippen LogP contribution in [0.5, 0.6) is 5.75 Å². The molecule has 4 aliphatic rings. The number of thiazole rings is 1. The quantitative estimate of drug-likeness (QED) is 0.309. The first kappa shape index (κ1) is 26.8. The number of aryl methyl sites for hydroxylation is 1. The van der Waals surface area contributed by atoms with Gasteiger partial charge in [0.15, 0.2) is 6.61 Å². The molecule has 2 aromatic carbocycles. The summed E-state index contributed by atoms with van der Waals surface area (Å²) in [5.41, 5.74) is 2.44. The molecule has 1 saturated heterocycles. The smallest absolute Gasteiger partial charge is 0.344 e. The molecule has 7 rings (SSSR count). The van der Waals surface area contributed by atoms with Crippen molar-refractivity contribution >= 4 is 58.2 Å². The molecule has 7 atom stereocenters. The van der Waals surface area contributed by atoms with Crippen LogP contribution >= 0.6 is 34.7 Å². The summed E-state index contributed by atoms with van der Waals surface area (Å²) in [7, 11) is 0. The Bertz CT molecular complexity index is 1630. The fraction of sp³-hybridized carbons (Fsp3) is 0.400. The van der Waals surface area contributed by atoms with Gasteiger partial charge in [0.1, 0.15) is 5.75 Å². The standard InChI is InChI=1S/C30H27ClN2O6S2/c1-3-38-20(34)12-39-19-9-6-14(31)10-16(19)21-22-17-11-18(25(22)40-27-26(21)41-30(37)32-27)24-23(17)28(35)33(29(24)36)15-7-4-13(2)5-8-15/h4-10,17-18,21-25H,3,11-12H2,1-2H3,(H,32,37)/t17-,18-,21+,22-,23+,24+,25-/m1/s1. The van der Waals surface area contributed by atoms with E-state index in [0.717, 1.165) is 38.8 Å². The lowest BCUT2D eigenvalue weighted by molar-refractivity contribution is -0.145. The Kier molecular flexibility index (Phi) is 6.55. The third-order valence-corrected chi connectivity index (χ3v) is 11.8. The molecule has 3 aromatic rings. The largest absolute Gasteiger partial charge is 0.482 e. The topological polar surface area (TPSA) is 106 Å². The third-order valence-electron chi connectivity index (χ3n) is 8.97. The molecule has 11 heteroatoms. The summed E-state index contributed by atoms with van der Waals surface area (Å²) >= 11 is 9.29. The number of imide groups is 1. The van der Waals surface area contributed by atoms with E-state index >= 15 is 0 Å². The van der Waals surface area contributed by atoms with E-state index in [0.29, 0.717) is 16.5 Å². The number of hydrogen-bond donors (Lipinski definition) is 1. The summed E-state index contributed by atoms with van der Waals surface area (Å²) in [6, 6.07) is 12.8. The van der Waals surface area contributed by atoms with E-state index in [2.05, 4.69) is 4.98 Å². The normalized spacial score (nSPS) is 29.3. The molecule has 3 heterocycles. The number of fused-ring (bicyclic) bond motifs is 9. The van der Waals surface area contributed by atoms with E-state index < -0.39 is 11.9 Å². The van der Waals surface area contributed by atoms with E-state index in [9.17, 15) is 19.2 Å². The summed E-state index contributed by atoms with van der Waals surface area (Å²) < 4.78 is 11.0. The zero-order valence-corrected chi connectivity index (χ0v) is 24.7. The molecule has 2 saturated carbocycles. The summed E-state index contributed by atoms with van der Waals surface area (Å²) in [5, 5.41) is 1.32. The Labute approximate surface area is 249 Å². The van der Waals surface area contributed by atoms with Crippen molar-refractivity contribution in [1.29, 1.82) is 0 Å². The van der Waals surface area contributed by atoms with E-state index in [1.54, 1.807) is 30.8 Å². The van der Waals surface area contributed by atoms with Crippen molar-refractivity contribution in [2.24, 2.45) is 29.6 Å². The van der Waals surface area contributed by atoms with Gasteiger partial charge >= 0.3 is 10.8 Å². The monoisotopic (exact) mass is 610 g/mol. The van der Waals surface area contributed by atoms with Crippen molar-refractivity contribution in [3.63, 3.8) is 0 Å². The van der Waals surface area contributed by atoms with Crippen LogP contribution in [0.2, 0.25) is 5.02 Å². The highest BCUT2D eigenvalue weighted by atomic mass is 35.5. The fourth-order valence-electron chi connectivity index (χ4n) is 7.55. The number of aromatic nitrogens is 1. The molecule has 0 spiro atoms. The molecule has 2 bridgehead atoms. The van der Waals surface area contributed by atoms with Gasteiger partial charge in [-0.15, -0.1) is 11.8 Å². The highest BCUT2D eigenvalue weighted by molar-refractivity contribution is 8.00. The summed E-state index contributed by atoms with van der Waals surface area (Å²) in [6.45, 7) is 3.69. The van der Waals surface area contributed by atoms with Crippen LogP contribution < -0.4 is 14.5 Å². The maximum atomic E-state index is 13.9. The van der Waals surface area contributed by atoms with Crippen LogP contribution in [0.3, 0.4) is 0 Å². The maximum absolute atomic E-state index is 13.9. The van der Waals surface area contributed by atoms with Crippen molar-refractivity contribution in [3.05, 3.63) is 73.2 Å². The van der Waals surface area contributed by atoms with Gasteiger partial charge in [-0.2, -0.15) is 0 Å². The molecule has 8 nitrogen and oxygen atoms in total. The van der Waals surface area contributed by atoms with Crippen LogP contribution in [0.1, 0.15) is 35.3 Å². The van der Waals surface area contributed by atoms with Crippen molar-refractivity contribution in [2.75, 3.05) is 18.1 Å². The van der Waals surface area contributed by atoms with Gasteiger partial charge in [-0.05, 0) is 68.4 Å². The molecule has 1 N–H and O–H groups in total. The van der Waals surface area contributed by atoms with E-state index in [1.807, 2.05) is 37.3 Å². The van der Waals surface area contributed by atoms with Crippen LogP contribution in [0, 0.1) is 36.5 Å². The molecule has 212 valence electrons. The number of halogens is 1. The van der Waals surface area contributed by atoms with Crippen LogP contribution in [-0.4, -0.2) is 41.2 Å². The maximum Gasteiger partial charge on any atom is 0.344 e. The lowest BCUT2D eigenvalue weighted by atomic mass is 9.68. The second-order valence-electron chi connectivity index (χ2n) is 11.1. The van der Waals surface area contributed by atoms with Crippen LogP contribution in [0.25, 0.3) is 0 Å². The van der Waals surface area contributed by atoms with Crippen molar-refractivity contribution in [1.82, 2.24) is 4.98 Å². The Hall–Kier alpha value is -3.08. The minimum Gasteiger partial charge on any atom is -0.482 e. The highest BCUT2D eigenvalue weighted by Crippen LogP contribution is 2.69. The summed E-state index contributed by atoms with van der Waals surface area (Å²) in [5.74, 6) is -1.44. The first-order valence-electron chi connectivity index (χ1n) is 13.7. The number of aromatic amines is 1. The minimum absolute atomic E-state index is 0.00552. The van der Waals surface area contributed by atoms with Gasteiger partial charge in [0.2, 0.25) is 11.8 Å². The number of ether oxygens (including phenoxy) is 2. The van der Waals surface area contributed by atoms with Crippen molar-refractivity contribution in [2.45, 2.75) is 36.5 Å². The number of hydrogen-bond acceptors (Lipinski definition) is 8. The van der Waals surface area contributed by atoms with Gasteiger partial charge < -0.3 is 14.5 Å². The zero-order chi connectivity index (χ0) is 28.6. The molecule has 0 unspecified atom stereocenters. The second kappa shape index (κ2) is 10.0. The number of carbonyl (C=O) groups excluding carboxylic acids is 3. The molecule has 2 aliphatic heterocycles. The third kappa shape index (κ3) is 4.17. The molecule has 2 aliphatic carbocycles. The lowest BCUT2D eigenvalue weighted by Crippen LogP contribution is -2.42. The van der Waals surface area contributed by atoms with E-state index in [1.165, 1.54) is 4.90 Å². The van der Waals surface area contributed by atoms with Gasteiger partial charge in [0, 0.05) is 26.6 Å². The van der Waals surface area contributed by atoms with E-state index in [-0.39, 0.29) is 64.7 Å². The number of amides is 2. The van der Waals surface area contributed by atoms with Crippen LogP contribution in [0.4, 0.5) is 5.69 Å². The Balaban J connectivity index is 1.30. The van der Waals surface area contributed by atoms with Gasteiger partial charge in [0.25, 0.3) is 0 Å². The fourth-order valence-corrected chi connectivity index (χ4v) is 10.6. The Morgan fingerprint density at radius 2 is 1.80 bits per heavy atom.